The van der Waals surface area contributed by atoms with Crippen LogP contribution >= 0.6 is 11.6 Å². The van der Waals surface area contributed by atoms with Crippen molar-refractivity contribution in [1.82, 2.24) is 15.0 Å². The maximum atomic E-state index is 14.0. The SMILES string of the molecule is CCNc1nc(Nc2c(F)cccc2Cl)cc(-c2ccccn2)n1. The van der Waals surface area contributed by atoms with Crippen molar-refractivity contribution < 1.29 is 4.39 Å². The van der Waals surface area contributed by atoms with Crippen molar-refractivity contribution in [3.05, 3.63) is 59.5 Å². The number of hydrogen-bond donors (Lipinski definition) is 2. The van der Waals surface area contributed by atoms with Crippen LogP contribution < -0.4 is 10.6 Å². The minimum atomic E-state index is -0.453. The molecule has 0 amide bonds. The molecular weight excluding hydrogens is 329 g/mol. The Bertz CT molecular complexity index is 821. The molecule has 0 spiro atoms. The summed E-state index contributed by atoms with van der Waals surface area (Å²) in [5.74, 6) is 0.398. The maximum Gasteiger partial charge on any atom is 0.225 e. The van der Waals surface area contributed by atoms with E-state index in [1.165, 1.54) is 6.07 Å². The Balaban J connectivity index is 2.02. The number of para-hydroxylation sites is 1. The zero-order chi connectivity index (χ0) is 16.9. The van der Waals surface area contributed by atoms with Crippen molar-refractivity contribution in [2.75, 3.05) is 17.2 Å². The number of halogens is 2. The van der Waals surface area contributed by atoms with Crippen LogP contribution in [0.5, 0.6) is 0 Å². The number of aromatic nitrogens is 3. The van der Waals surface area contributed by atoms with Crippen molar-refractivity contribution in [3.8, 4) is 11.4 Å². The summed E-state index contributed by atoms with van der Waals surface area (Å²) < 4.78 is 14.0. The smallest absolute Gasteiger partial charge is 0.225 e. The largest absolute Gasteiger partial charge is 0.354 e. The molecule has 0 atom stereocenters. The Labute approximate surface area is 144 Å². The summed E-state index contributed by atoms with van der Waals surface area (Å²) in [5.41, 5.74) is 1.49. The van der Waals surface area contributed by atoms with Gasteiger partial charge in [0.15, 0.2) is 0 Å². The fourth-order valence-corrected chi connectivity index (χ4v) is 2.35. The van der Waals surface area contributed by atoms with Gasteiger partial charge in [0.25, 0.3) is 0 Å². The first-order chi connectivity index (χ1) is 11.7. The Kier molecular flexibility index (Phi) is 4.86. The molecule has 0 radical (unpaired) electrons. The number of nitrogens with zero attached hydrogens (tertiary/aromatic N) is 3. The molecule has 0 fully saturated rings. The summed E-state index contributed by atoms with van der Waals surface area (Å²) in [5, 5.41) is 6.26. The van der Waals surface area contributed by atoms with Gasteiger partial charge in [-0.05, 0) is 31.2 Å². The van der Waals surface area contributed by atoms with Crippen LogP contribution in [-0.2, 0) is 0 Å². The topological polar surface area (TPSA) is 62.7 Å². The third kappa shape index (κ3) is 3.60. The minimum absolute atomic E-state index is 0.173. The molecule has 0 saturated heterocycles. The third-order valence-electron chi connectivity index (χ3n) is 3.20. The average molecular weight is 344 g/mol. The van der Waals surface area contributed by atoms with Crippen molar-refractivity contribution in [3.63, 3.8) is 0 Å². The lowest BCUT2D eigenvalue weighted by molar-refractivity contribution is 0.632. The van der Waals surface area contributed by atoms with E-state index in [0.29, 0.717) is 29.7 Å². The van der Waals surface area contributed by atoms with Crippen LogP contribution in [0, 0.1) is 5.82 Å². The first-order valence-corrected chi connectivity index (χ1v) is 7.80. The summed E-state index contributed by atoms with van der Waals surface area (Å²) in [6, 6.07) is 11.7. The summed E-state index contributed by atoms with van der Waals surface area (Å²) in [6.07, 6.45) is 1.69. The van der Waals surface area contributed by atoms with Crippen LogP contribution in [0.25, 0.3) is 11.4 Å². The van der Waals surface area contributed by atoms with Crippen molar-refractivity contribution in [2.45, 2.75) is 6.92 Å². The lowest BCUT2D eigenvalue weighted by atomic mass is 10.2. The van der Waals surface area contributed by atoms with Gasteiger partial charge in [-0.1, -0.05) is 23.7 Å². The quantitative estimate of drug-likeness (QED) is 0.713. The molecule has 2 N–H and O–H groups in total. The van der Waals surface area contributed by atoms with Gasteiger partial charge in [-0.2, -0.15) is 4.98 Å². The maximum absolute atomic E-state index is 14.0. The molecule has 3 aromatic rings. The Morgan fingerprint density at radius 2 is 1.96 bits per heavy atom. The van der Waals surface area contributed by atoms with Crippen LogP contribution in [0.15, 0.2) is 48.7 Å². The van der Waals surface area contributed by atoms with Gasteiger partial charge in [0, 0.05) is 18.8 Å². The van der Waals surface area contributed by atoms with Gasteiger partial charge in [-0.25, -0.2) is 9.37 Å². The van der Waals surface area contributed by atoms with E-state index in [1.54, 1.807) is 24.4 Å². The van der Waals surface area contributed by atoms with Crippen LogP contribution in [0.1, 0.15) is 6.92 Å². The molecule has 1 aromatic carbocycles. The lowest BCUT2D eigenvalue weighted by Crippen LogP contribution is -2.06. The van der Waals surface area contributed by atoms with E-state index >= 15 is 0 Å². The Morgan fingerprint density at radius 3 is 2.67 bits per heavy atom. The van der Waals surface area contributed by atoms with Crippen molar-refractivity contribution >= 4 is 29.1 Å². The van der Waals surface area contributed by atoms with E-state index in [9.17, 15) is 4.39 Å². The summed E-state index contributed by atoms with van der Waals surface area (Å²) in [4.78, 5) is 13.1. The first-order valence-electron chi connectivity index (χ1n) is 7.42. The van der Waals surface area contributed by atoms with Gasteiger partial charge in [0.05, 0.1) is 22.1 Å². The molecule has 0 aliphatic rings. The molecule has 2 heterocycles. The molecule has 0 unspecified atom stereocenters. The first kappa shape index (κ1) is 16.1. The van der Waals surface area contributed by atoms with E-state index in [1.807, 2.05) is 25.1 Å². The summed E-state index contributed by atoms with van der Waals surface area (Å²) >= 11 is 6.06. The molecule has 24 heavy (non-hydrogen) atoms. The van der Waals surface area contributed by atoms with Crippen LogP contribution in [-0.4, -0.2) is 21.5 Å². The standard InChI is InChI=1S/C17H15ClFN5/c1-2-20-17-22-14(13-8-3-4-9-21-13)10-15(24-17)23-16-11(18)6-5-7-12(16)19/h3-10H,2H2,1H3,(H2,20,22,23,24). The van der Waals surface area contributed by atoms with Crippen LogP contribution in [0.2, 0.25) is 5.02 Å². The van der Waals surface area contributed by atoms with E-state index in [2.05, 4.69) is 25.6 Å². The molecular formula is C17H15ClFN5. The fourth-order valence-electron chi connectivity index (χ4n) is 2.14. The molecule has 0 bridgehead atoms. The second-order valence-corrected chi connectivity index (χ2v) is 5.34. The molecule has 3 rings (SSSR count). The number of rotatable bonds is 5. The summed E-state index contributed by atoms with van der Waals surface area (Å²) in [7, 11) is 0. The number of nitrogens with one attached hydrogen (secondary N) is 2. The number of benzene rings is 1. The predicted octanol–water partition coefficient (Wildman–Crippen LogP) is 4.51. The minimum Gasteiger partial charge on any atom is -0.354 e. The summed E-state index contributed by atoms with van der Waals surface area (Å²) in [6.45, 7) is 2.60. The highest BCUT2D eigenvalue weighted by Crippen LogP contribution is 2.29. The van der Waals surface area contributed by atoms with Crippen molar-refractivity contribution in [1.29, 1.82) is 0 Å². The van der Waals surface area contributed by atoms with Gasteiger partial charge in [0.1, 0.15) is 11.6 Å². The van der Waals surface area contributed by atoms with E-state index in [0.717, 1.165) is 0 Å². The molecule has 7 heteroatoms. The molecule has 122 valence electrons. The molecule has 0 aliphatic heterocycles. The lowest BCUT2D eigenvalue weighted by Gasteiger charge is -2.12. The average Bonchev–Trinajstić information content (AvgIpc) is 2.59. The van der Waals surface area contributed by atoms with E-state index in [4.69, 9.17) is 11.6 Å². The molecule has 5 nitrogen and oxygen atoms in total. The normalized spacial score (nSPS) is 10.5. The number of pyridine rings is 1. The number of anilines is 3. The zero-order valence-electron chi connectivity index (χ0n) is 12.9. The van der Waals surface area contributed by atoms with Crippen molar-refractivity contribution in [2.24, 2.45) is 0 Å². The highest BCUT2D eigenvalue weighted by molar-refractivity contribution is 6.33. The monoisotopic (exact) mass is 343 g/mol. The second kappa shape index (κ2) is 7.23. The van der Waals surface area contributed by atoms with Gasteiger partial charge in [0.2, 0.25) is 5.95 Å². The third-order valence-corrected chi connectivity index (χ3v) is 3.52. The van der Waals surface area contributed by atoms with Crippen LogP contribution in [0.3, 0.4) is 0 Å². The van der Waals surface area contributed by atoms with Crippen LogP contribution in [0.4, 0.5) is 21.8 Å². The fraction of sp³-hybridized carbons (Fsp3) is 0.118. The van der Waals surface area contributed by atoms with Gasteiger partial charge in [-0.15, -0.1) is 0 Å². The Hall–Kier alpha value is -2.73. The van der Waals surface area contributed by atoms with E-state index in [-0.39, 0.29) is 10.7 Å². The Morgan fingerprint density at radius 1 is 1.08 bits per heavy atom. The highest BCUT2D eigenvalue weighted by atomic mass is 35.5. The van der Waals surface area contributed by atoms with E-state index < -0.39 is 5.82 Å². The molecule has 0 aliphatic carbocycles. The highest BCUT2D eigenvalue weighted by Gasteiger charge is 2.11. The van der Waals surface area contributed by atoms with Gasteiger partial charge < -0.3 is 10.6 Å². The zero-order valence-corrected chi connectivity index (χ0v) is 13.7. The van der Waals surface area contributed by atoms with Gasteiger partial charge in [-0.3, -0.25) is 4.98 Å². The van der Waals surface area contributed by atoms with Gasteiger partial charge >= 0.3 is 0 Å². The predicted molar refractivity (Wildman–Crippen MR) is 94.1 cm³/mol. The second-order valence-electron chi connectivity index (χ2n) is 4.93. The number of hydrogen-bond acceptors (Lipinski definition) is 5. The molecule has 0 saturated carbocycles. The molecule has 2 aromatic heterocycles.